The van der Waals surface area contributed by atoms with Crippen molar-refractivity contribution in [3.05, 3.63) is 150 Å². The van der Waals surface area contributed by atoms with Gasteiger partial charge < -0.3 is 0 Å². The molecular formula is C33H26Si. The van der Waals surface area contributed by atoms with E-state index in [0.29, 0.717) is 11.1 Å². The zero-order chi connectivity index (χ0) is 22.7. The first-order chi connectivity index (χ1) is 16.8. The Labute approximate surface area is 202 Å². The quantitative estimate of drug-likeness (QED) is 0.247. The lowest BCUT2D eigenvalue weighted by atomic mass is 10.1. The zero-order valence-corrected chi connectivity index (χ0v) is 20.3. The first kappa shape index (κ1) is 19.8. The highest BCUT2D eigenvalue weighted by Crippen LogP contribution is 2.57. The number of rotatable bonds is 3. The molecule has 0 aliphatic heterocycles. The van der Waals surface area contributed by atoms with Crippen LogP contribution in [0.1, 0.15) is 33.3 Å². The van der Waals surface area contributed by atoms with Gasteiger partial charge in [0.05, 0.1) is 0 Å². The standard InChI is InChI=1S/C33H26Si/c1-34(23-13-3-2-4-14-23,32-28-19-9-5-15-24(28)25-16-6-10-20-29(25)32)33-30-21-11-7-17-26(30)27-18-8-12-22-31(27)33/h2-22,32-33H,1H3. The van der Waals surface area contributed by atoms with Crippen LogP contribution >= 0.6 is 0 Å². The second kappa shape index (κ2) is 7.41. The highest BCUT2D eigenvalue weighted by molar-refractivity contribution is 6.94. The van der Waals surface area contributed by atoms with Gasteiger partial charge in [0.15, 0.2) is 0 Å². The van der Waals surface area contributed by atoms with E-state index in [2.05, 4.69) is 134 Å². The van der Waals surface area contributed by atoms with Gasteiger partial charge in [-0.3, -0.25) is 0 Å². The summed E-state index contributed by atoms with van der Waals surface area (Å²) < 4.78 is 0. The number of hydrogen-bond acceptors (Lipinski definition) is 0. The van der Waals surface area contributed by atoms with Crippen molar-refractivity contribution in [2.45, 2.75) is 17.6 Å². The molecule has 0 bridgehead atoms. The van der Waals surface area contributed by atoms with E-state index in [1.54, 1.807) is 0 Å². The summed E-state index contributed by atoms with van der Waals surface area (Å²) >= 11 is 0. The van der Waals surface area contributed by atoms with Crippen molar-refractivity contribution < 1.29 is 0 Å². The lowest BCUT2D eigenvalue weighted by Gasteiger charge is -2.41. The van der Waals surface area contributed by atoms with Crippen LogP contribution < -0.4 is 5.19 Å². The SMILES string of the molecule is C[Si](c1ccccc1)(C1c2ccccc2-c2ccccc21)C1c2ccccc2-c2ccccc21. The normalized spacial score (nSPS) is 14.4. The molecule has 1 heteroatoms. The van der Waals surface area contributed by atoms with Crippen molar-refractivity contribution in [1.29, 1.82) is 0 Å². The van der Waals surface area contributed by atoms with E-state index in [9.17, 15) is 0 Å². The minimum Gasteiger partial charge on any atom is -0.0638 e. The molecule has 0 heterocycles. The van der Waals surface area contributed by atoms with Crippen LogP contribution in [0.2, 0.25) is 6.55 Å². The maximum Gasteiger partial charge on any atom is 0.107 e. The molecule has 5 aromatic carbocycles. The summed E-state index contributed by atoms with van der Waals surface area (Å²) in [5, 5.41) is 1.53. The topological polar surface area (TPSA) is 0 Å². The van der Waals surface area contributed by atoms with Gasteiger partial charge in [-0.15, -0.1) is 0 Å². The first-order valence-corrected chi connectivity index (χ1v) is 14.9. The second-order valence-electron chi connectivity index (χ2n) is 9.86. The molecule has 7 rings (SSSR count). The van der Waals surface area contributed by atoms with Gasteiger partial charge in [-0.05, 0) is 44.5 Å². The monoisotopic (exact) mass is 450 g/mol. The first-order valence-electron chi connectivity index (χ1n) is 12.2. The van der Waals surface area contributed by atoms with Crippen molar-refractivity contribution in [2.24, 2.45) is 0 Å². The van der Waals surface area contributed by atoms with E-state index in [1.807, 2.05) is 0 Å². The van der Waals surface area contributed by atoms with Crippen LogP contribution in [-0.2, 0) is 0 Å². The molecule has 0 saturated carbocycles. The van der Waals surface area contributed by atoms with Crippen LogP contribution in [0.4, 0.5) is 0 Å². The molecule has 34 heavy (non-hydrogen) atoms. The average molecular weight is 451 g/mol. The van der Waals surface area contributed by atoms with Gasteiger partial charge in [-0.1, -0.05) is 139 Å². The van der Waals surface area contributed by atoms with E-state index >= 15 is 0 Å². The molecule has 0 atom stereocenters. The molecule has 0 nitrogen and oxygen atoms in total. The van der Waals surface area contributed by atoms with E-state index in [0.717, 1.165) is 0 Å². The van der Waals surface area contributed by atoms with Crippen molar-refractivity contribution in [3.8, 4) is 22.3 Å². The Kier molecular flexibility index (Phi) is 4.31. The molecule has 0 amide bonds. The maximum absolute atomic E-state index is 2.65. The lowest BCUT2D eigenvalue weighted by Crippen LogP contribution is -2.55. The fraction of sp³-hybridized carbons (Fsp3) is 0.0909. The molecular weight excluding hydrogens is 424 g/mol. The second-order valence-corrected chi connectivity index (χ2v) is 14.2. The summed E-state index contributed by atoms with van der Waals surface area (Å²) in [6.07, 6.45) is 0. The highest BCUT2D eigenvalue weighted by Gasteiger charge is 2.53. The summed E-state index contributed by atoms with van der Waals surface area (Å²) in [6.45, 7) is 2.65. The maximum atomic E-state index is 2.65. The minimum absolute atomic E-state index is 0.395. The molecule has 5 aromatic rings. The summed E-state index contributed by atoms with van der Waals surface area (Å²) in [6, 6.07) is 48.0. The van der Waals surface area contributed by atoms with Gasteiger partial charge in [0, 0.05) is 11.1 Å². The third-order valence-electron chi connectivity index (χ3n) is 8.26. The molecule has 162 valence electrons. The Hall–Kier alpha value is -3.68. The Balaban J connectivity index is 1.58. The number of benzene rings is 5. The average Bonchev–Trinajstić information content (AvgIpc) is 3.43. The third kappa shape index (κ3) is 2.59. The van der Waals surface area contributed by atoms with Crippen molar-refractivity contribution in [1.82, 2.24) is 0 Å². The smallest absolute Gasteiger partial charge is 0.0638 e. The minimum atomic E-state index is -2.26. The van der Waals surface area contributed by atoms with Gasteiger partial charge >= 0.3 is 0 Å². The van der Waals surface area contributed by atoms with Crippen molar-refractivity contribution >= 4 is 13.3 Å². The highest BCUT2D eigenvalue weighted by atomic mass is 28.3. The van der Waals surface area contributed by atoms with E-state index < -0.39 is 8.07 Å². The van der Waals surface area contributed by atoms with Crippen LogP contribution in [0.5, 0.6) is 0 Å². The summed E-state index contributed by atoms with van der Waals surface area (Å²) in [4.78, 5) is 0. The lowest BCUT2D eigenvalue weighted by molar-refractivity contribution is 1.02. The van der Waals surface area contributed by atoms with Crippen LogP contribution in [0.15, 0.2) is 127 Å². The fourth-order valence-corrected chi connectivity index (χ4v) is 12.4. The molecule has 0 N–H and O–H groups in total. The predicted molar refractivity (Wildman–Crippen MR) is 145 cm³/mol. The third-order valence-corrected chi connectivity index (χ3v) is 13.5. The van der Waals surface area contributed by atoms with E-state index in [-0.39, 0.29) is 0 Å². The molecule has 0 fully saturated rings. The van der Waals surface area contributed by atoms with Gasteiger partial charge in [0.25, 0.3) is 0 Å². The molecule has 0 spiro atoms. The molecule has 2 aliphatic rings. The molecule has 2 aliphatic carbocycles. The molecule has 0 saturated heterocycles. The Morgan fingerprint density at radius 3 is 1.03 bits per heavy atom. The Morgan fingerprint density at radius 2 is 0.676 bits per heavy atom. The van der Waals surface area contributed by atoms with Crippen LogP contribution in [0, 0.1) is 0 Å². The number of hydrogen-bond donors (Lipinski definition) is 0. The van der Waals surface area contributed by atoms with Gasteiger partial charge in [0.2, 0.25) is 0 Å². The van der Waals surface area contributed by atoms with E-state index in [4.69, 9.17) is 0 Å². The van der Waals surface area contributed by atoms with Gasteiger partial charge in [-0.25, -0.2) is 0 Å². The van der Waals surface area contributed by atoms with Crippen LogP contribution in [-0.4, -0.2) is 8.07 Å². The summed E-state index contributed by atoms with van der Waals surface area (Å²) in [5.41, 5.74) is 12.5. The van der Waals surface area contributed by atoms with Crippen molar-refractivity contribution in [3.63, 3.8) is 0 Å². The summed E-state index contributed by atoms with van der Waals surface area (Å²) in [5.74, 6) is 0. The fourth-order valence-electron chi connectivity index (χ4n) is 6.90. The molecule has 0 unspecified atom stereocenters. The molecule has 0 radical (unpaired) electrons. The van der Waals surface area contributed by atoms with Crippen LogP contribution in [0.3, 0.4) is 0 Å². The molecule has 0 aromatic heterocycles. The Bertz CT molecular complexity index is 1350. The number of fused-ring (bicyclic) bond motifs is 6. The van der Waals surface area contributed by atoms with Crippen molar-refractivity contribution in [2.75, 3.05) is 0 Å². The summed E-state index contributed by atoms with van der Waals surface area (Å²) in [7, 11) is -2.26. The predicted octanol–water partition coefficient (Wildman–Crippen LogP) is 7.68. The van der Waals surface area contributed by atoms with Gasteiger partial charge in [-0.2, -0.15) is 0 Å². The van der Waals surface area contributed by atoms with Crippen LogP contribution in [0.25, 0.3) is 22.3 Å². The largest absolute Gasteiger partial charge is 0.107 e. The zero-order valence-electron chi connectivity index (χ0n) is 19.3. The van der Waals surface area contributed by atoms with E-state index in [1.165, 1.54) is 49.7 Å². The van der Waals surface area contributed by atoms with Gasteiger partial charge in [0.1, 0.15) is 8.07 Å². The Morgan fingerprint density at radius 1 is 0.382 bits per heavy atom.